The largest absolute Gasteiger partial charge is 0.387 e. The first kappa shape index (κ1) is 13.9. The molecule has 0 spiro atoms. The number of nitrogens with one attached hydrogen (secondary N) is 2. The van der Waals surface area contributed by atoms with E-state index < -0.39 is 6.10 Å². The molecule has 7 heteroatoms. The zero-order valence-electron chi connectivity index (χ0n) is 11.1. The Morgan fingerprint density at radius 2 is 2.20 bits per heavy atom. The number of amides is 2. The topological polar surface area (TPSA) is 107 Å². The fraction of sp³-hybridized carbons (Fsp3) is 0.231. The number of likely N-dealkylation sites (N-methyl/N-ethyl adjacent to an activating group) is 1. The molecule has 1 heterocycles. The maximum Gasteiger partial charge on any atom is 0.322 e. The van der Waals surface area contributed by atoms with Crippen molar-refractivity contribution in [2.24, 2.45) is 0 Å². The zero-order chi connectivity index (χ0) is 14.5. The van der Waals surface area contributed by atoms with Crippen molar-refractivity contribution >= 4 is 17.7 Å². The van der Waals surface area contributed by atoms with Crippen molar-refractivity contribution in [3.63, 3.8) is 0 Å². The molecule has 0 aliphatic heterocycles. The molecule has 106 valence electrons. The summed E-state index contributed by atoms with van der Waals surface area (Å²) < 4.78 is 0. The van der Waals surface area contributed by atoms with Crippen molar-refractivity contribution in [2.75, 3.05) is 24.6 Å². The van der Waals surface area contributed by atoms with Gasteiger partial charge in [-0.05, 0) is 5.56 Å². The number of carbonyl (C=O) groups is 1. The molecule has 0 aliphatic rings. The van der Waals surface area contributed by atoms with Crippen LogP contribution in [0, 0.1) is 0 Å². The van der Waals surface area contributed by atoms with Crippen LogP contribution in [-0.4, -0.2) is 39.8 Å². The summed E-state index contributed by atoms with van der Waals surface area (Å²) in [6.07, 6.45) is -0.740. The highest BCUT2D eigenvalue weighted by Crippen LogP contribution is 2.14. The molecule has 1 aromatic heterocycles. The highest BCUT2D eigenvalue weighted by atomic mass is 16.3. The molecule has 5 N–H and O–H groups in total. The molecule has 1 aromatic carbocycles. The fourth-order valence-electron chi connectivity index (χ4n) is 1.73. The minimum atomic E-state index is -0.740. The number of H-pyrrole nitrogens is 1. The summed E-state index contributed by atoms with van der Waals surface area (Å²) in [6, 6.07) is 10.3. The van der Waals surface area contributed by atoms with Gasteiger partial charge in [-0.1, -0.05) is 30.3 Å². The zero-order valence-corrected chi connectivity index (χ0v) is 11.1. The molecule has 0 fully saturated rings. The molecule has 0 saturated heterocycles. The number of anilines is 2. The van der Waals surface area contributed by atoms with Gasteiger partial charge in [-0.2, -0.15) is 5.10 Å². The lowest BCUT2D eigenvalue weighted by Crippen LogP contribution is -2.34. The number of nitrogen functional groups attached to an aromatic ring is 1. The highest BCUT2D eigenvalue weighted by molar-refractivity contribution is 5.88. The Labute approximate surface area is 116 Å². The van der Waals surface area contributed by atoms with Crippen LogP contribution in [0.3, 0.4) is 0 Å². The van der Waals surface area contributed by atoms with Crippen molar-refractivity contribution in [2.45, 2.75) is 6.10 Å². The number of hydrogen-bond donors (Lipinski definition) is 4. The first-order valence-electron chi connectivity index (χ1n) is 6.12. The average molecular weight is 275 g/mol. The second-order valence-corrected chi connectivity index (χ2v) is 4.45. The van der Waals surface area contributed by atoms with Gasteiger partial charge in [-0.25, -0.2) is 4.79 Å². The average Bonchev–Trinajstić information content (AvgIpc) is 2.85. The Balaban J connectivity index is 1.91. The molecular weight excluding hydrogens is 258 g/mol. The quantitative estimate of drug-likeness (QED) is 0.672. The van der Waals surface area contributed by atoms with Crippen molar-refractivity contribution in [3.05, 3.63) is 42.0 Å². The van der Waals surface area contributed by atoms with E-state index in [9.17, 15) is 9.90 Å². The third kappa shape index (κ3) is 3.48. The number of aliphatic hydroxyl groups is 1. The number of aromatic amines is 1. The molecular formula is C13H17N5O2. The van der Waals surface area contributed by atoms with Crippen LogP contribution in [0.1, 0.15) is 11.7 Å². The van der Waals surface area contributed by atoms with Gasteiger partial charge in [0.25, 0.3) is 0 Å². The van der Waals surface area contributed by atoms with Gasteiger partial charge in [-0.3, -0.25) is 10.4 Å². The maximum atomic E-state index is 11.9. The molecule has 7 nitrogen and oxygen atoms in total. The number of carbonyl (C=O) groups excluding carboxylic acids is 1. The van der Waals surface area contributed by atoms with Crippen LogP contribution in [0.15, 0.2) is 36.4 Å². The lowest BCUT2D eigenvalue weighted by molar-refractivity contribution is 0.136. The van der Waals surface area contributed by atoms with E-state index >= 15 is 0 Å². The molecule has 2 aromatic rings. The minimum absolute atomic E-state index is 0.176. The van der Waals surface area contributed by atoms with Crippen LogP contribution in [-0.2, 0) is 0 Å². The molecule has 0 saturated carbocycles. The molecule has 2 rings (SSSR count). The van der Waals surface area contributed by atoms with Crippen LogP contribution in [0.2, 0.25) is 0 Å². The van der Waals surface area contributed by atoms with E-state index in [0.29, 0.717) is 11.6 Å². The second-order valence-electron chi connectivity index (χ2n) is 4.45. The van der Waals surface area contributed by atoms with Gasteiger partial charge < -0.3 is 15.7 Å². The Morgan fingerprint density at radius 3 is 2.80 bits per heavy atom. The lowest BCUT2D eigenvalue weighted by Gasteiger charge is -2.21. The second kappa shape index (κ2) is 6.07. The first-order chi connectivity index (χ1) is 9.56. The molecule has 0 unspecified atom stereocenters. The molecule has 1 atom stereocenters. The van der Waals surface area contributed by atoms with Gasteiger partial charge >= 0.3 is 6.03 Å². The number of rotatable bonds is 4. The van der Waals surface area contributed by atoms with E-state index in [0.717, 1.165) is 5.56 Å². The van der Waals surface area contributed by atoms with E-state index in [-0.39, 0.29) is 12.6 Å². The SMILES string of the molecule is CN(C[C@@H](O)c1ccccc1)C(=O)Nc1cc(N)[nH]n1. The number of hydrogen-bond acceptors (Lipinski definition) is 4. The predicted molar refractivity (Wildman–Crippen MR) is 76.1 cm³/mol. The number of aliphatic hydroxyl groups excluding tert-OH is 1. The number of aromatic nitrogens is 2. The molecule has 2 amide bonds. The van der Waals surface area contributed by atoms with E-state index in [2.05, 4.69) is 15.5 Å². The van der Waals surface area contributed by atoms with Crippen LogP contribution in [0.5, 0.6) is 0 Å². The maximum absolute atomic E-state index is 11.9. The monoisotopic (exact) mass is 275 g/mol. The van der Waals surface area contributed by atoms with Crippen molar-refractivity contribution in [3.8, 4) is 0 Å². The van der Waals surface area contributed by atoms with E-state index in [1.165, 1.54) is 11.0 Å². The number of nitrogens with two attached hydrogens (primary N) is 1. The van der Waals surface area contributed by atoms with Crippen LogP contribution in [0.25, 0.3) is 0 Å². The number of nitrogens with zero attached hydrogens (tertiary/aromatic N) is 2. The van der Waals surface area contributed by atoms with Gasteiger partial charge in [0.05, 0.1) is 12.6 Å². The summed E-state index contributed by atoms with van der Waals surface area (Å²) in [5.41, 5.74) is 6.22. The summed E-state index contributed by atoms with van der Waals surface area (Å²) in [5, 5.41) is 18.9. The van der Waals surface area contributed by atoms with Crippen LogP contribution >= 0.6 is 0 Å². The first-order valence-corrected chi connectivity index (χ1v) is 6.12. The lowest BCUT2D eigenvalue weighted by atomic mass is 10.1. The molecule has 0 aliphatic carbocycles. The summed E-state index contributed by atoms with van der Waals surface area (Å²) in [7, 11) is 1.59. The Hall–Kier alpha value is -2.54. The fourth-order valence-corrected chi connectivity index (χ4v) is 1.73. The minimum Gasteiger partial charge on any atom is -0.387 e. The Bertz CT molecular complexity index is 569. The molecule has 20 heavy (non-hydrogen) atoms. The predicted octanol–water partition coefficient (Wildman–Crippen LogP) is 1.19. The summed E-state index contributed by atoms with van der Waals surface area (Å²) in [4.78, 5) is 13.3. The molecule has 0 bridgehead atoms. The van der Waals surface area contributed by atoms with Crippen LogP contribution < -0.4 is 11.1 Å². The van der Waals surface area contributed by atoms with Crippen molar-refractivity contribution in [1.82, 2.24) is 15.1 Å². The van der Waals surface area contributed by atoms with Crippen molar-refractivity contribution in [1.29, 1.82) is 0 Å². The van der Waals surface area contributed by atoms with Gasteiger partial charge in [0.1, 0.15) is 5.82 Å². The van der Waals surface area contributed by atoms with Gasteiger partial charge in [0.2, 0.25) is 0 Å². The third-order valence-electron chi connectivity index (χ3n) is 2.81. The Kier molecular flexibility index (Phi) is 4.21. The number of urea groups is 1. The highest BCUT2D eigenvalue weighted by Gasteiger charge is 2.15. The van der Waals surface area contributed by atoms with Gasteiger partial charge in [-0.15, -0.1) is 0 Å². The van der Waals surface area contributed by atoms with Crippen molar-refractivity contribution < 1.29 is 9.90 Å². The van der Waals surface area contributed by atoms with E-state index in [4.69, 9.17) is 5.73 Å². The number of benzene rings is 1. The van der Waals surface area contributed by atoms with Gasteiger partial charge in [0, 0.05) is 13.1 Å². The molecule has 0 radical (unpaired) electrons. The van der Waals surface area contributed by atoms with E-state index in [1.54, 1.807) is 7.05 Å². The van der Waals surface area contributed by atoms with Gasteiger partial charge in [0.15, 0.2) is 5.82 Å². The smallest absolute Gasteiger partial charge is 0.322 e. The Morgan fingerprint density at radius 1 is 1.50 bits per heavy atom. The van der Waals surface area contributed by atoms with E-state index in [1.807, 2.05) is 30.3 Å². The summed E-state index contributed by atoms with van der Waals surface area (Å²) >= 11 is 0. The van der Waals surface area contributed by atoms with Crippen LogP contribution in [0.4, 0.5) is 16.4 Å². The normalized spacial score (nSPS) is 11.9. The standard InChI is InChI=1S/C13H17N5O2/c1-18(8-10(19)9-5-3-2-4-6-9)13(20)15-12-7-11(14)16-17-12/h2-7,10,19H,8H2,1H3,(H4,14,15,16,17,20)/t10-/m1/s1. The third-order valence-corrected chi connectivity index (χ3v) is 2.81. The summed E-state index contributed by atoms with van der Waals surface area (Å²) in [6.45, 7) is 0.176. The summed E-state index contributed by atoms with van der Waals surface area (Å²) in [5.74, 6) is 0.709.